The Morgan fingerprint density at radius 2 is 1.83 bits per heavy atom. The third kappa shape index (κ3) is 4.49. The standard InChI is InChI=1S/C19H22ClN3O/c20-16-8-6-14(7-9-16)10-15-11-17(21)13-23(12-15)19(24)22-18-4-2-1-3-5-18/h1-9,15,17H,10-13,21H2,(H,22,24). The summed E-state index contributed by atoms with van der Waals surface area (Å²) in [6.07, 6.45) is 1.83. The SMILES string of the molecule is NC1CC(Cc2ccc(Cl)cc2)CN(C(=O)Nc2ccccc2)C1. The van der Waals surface area contributed by atoms with Gasteiger partial charge >= 0.3 is 6.03 Å². The predicted molar refractivity (Wildman–Crippen MR) is 98.3 cm³/mol. The van der Waals surface area contributed by atoms with E-state index in [9.17, 15) is 4.79 Å². The maximum atomic E-state index is 12.5. The minimum atomic E-state index is -0.0857. The van der Waals surface area contributed by atoms with E-state index in [0.29, 0.717) is 12.5 Å². The number of rotatable bonds is 3. The molecule has 0 radical (unpaired) electrons. The van der Waals surface area contributed by atoms with Crippen LogP contribution in [0.1, 0.15) is 12.0 Å². The highest BCUT2D eigenvalue weighted by atomic mass is 35.5. The Balaban J connectivity index is 1.62. The van der Waals surface area contributed by atoms with E-state index in [4.69, 9.17) is 17.3 Å². The molecule has 24 heavy (non-hydrogen) atoms. The van der Waals surface area contributed by atoms with E-state index in [1.165, 1.54) is 5.56 Å². The molecule has 0 aromatic heterocycles. The van der Waals surface area contributed by atoms with E-state index < -0.39 is 0 Å². The molecule has 1 saturated heterocycles. The van der Waals surface area contributed by atoms with Gasteiger partial charge in [-0.15, -0.1) is 0 Å². The number of para-hydroxylation sites is 1. The molecule has 2 unspecified atom stereocenters. The Labute approximate surface area is 147 Å². The largest absolute Gasteiger partial charge is 0.326 e. The maximum Gasteiger partial charge on any atom is 0.321 e. The second-order valence-corrected chi connectivity index (χ2v) is 6.83. The lowest BCUT2D eigenvalue weighted by Gasteiger charge is -2.36. The van der Waals surface area contributed by atoms with Crippen LogP contribution in [0.5, 0.6) is 0 Å². The Hall–Kier alpha value is -2.04. The highest BCUT2D eigenvalue weighted by Gasteiger charge is 2.28. The van der Waals surface area contributed by atoms with E-state index in [1.807, 2.05) is 59.5 Å². The van der Waals surface area contributed by atoms with Crippen molar-refractivity contribution in [1.29, 1.82) is 0 Å². The predicted octanol–water partition coefficient (Wildman–Crippen LogP) is 3.76. The molecule has 126 valence electrons. The molecule has 2 amide bonds. The van der Waals surface area contributed by atoms with E-state index in [-0.39, 0.29) is 12.1 Å². The molecule has 4 nitrogen and oxygen atoms in total. The zero-order valence-corrected chi connectivity index (χ0v) is 14.2. The number of nitrogens with two attached hydrogens (primary N) is 1. The van der Waals surface area contributed by atoms with Crippen LogP contribution in [0.3, 0.4) is 0 Å². The molecule has 0 spiro atoms. The zero-order valence-electron chi connectivity index (χ0n) is 13.5. The summed E-state index contributed by atoms with van der Waals surface area (Å²) >= 11 is 5.94. The number of halogens is 1. The smallest absolute Gasteiger partial charge is 0.321 e. The number of nitrogens with zero attached hydrogens (tertiary/aromatic N) is 1. The normalized spacial score (nSPS) is 20.7. The van der Waals surface area contributed by atoms with Crippen LogP contribution in [0.4, 0.5) is 10.5 Å². The summed E-state index contributed by atoms with van der Waals surface area (Å²) in [5.74, 6) is 0.358. The second kappa shape index (κ2) is 7.69. The van der Waals surface area contributed by atoms with Gasteiger partial charge in [-0.1, -0.05) is 41.9 Å². The summed E-state index contributed by atoms with van der Waals surface area (Å²) in [6.45, 7) is 1.31. The van der Waals surface area contributed by atoms with Crippen LogP contribution in [0, 0.1) is 5.92 Å². The minimum absolute atomic E-state index is 0.0116. The number of anilines is 1. The Morgan fingerprint density at radius 3 is 2.54 bits per heavy atom. The van der Waals surface area contributed by atoms with Crippen LogP contribution in [-0.4, -0.2) is 30.1 Å². The van der Waals surface area contributed by atoms with Gasteiger partial charge in [-0.2, -0.15) is 0 Å². The molecule has 3 rings (SSSR count). The number of carbonyl (C=O) groups is 1. The van der Waals surface area contributed by atoms with Crippen molar-refractivity contribution in [3.05, 3.63) is 65.2 Å². The fraction of sp³-hybridized carbons (Fsp3) is 0.316. The molecule has 0 saturated carbocycles. The summed E-state index contributed by atoms with van der Waals surface area (Å²) in [4.78, 5) is 14.3. The summed E-state index contributed by atoms with van der Waals surface area (Å²) < 4.78 is 0. The monoisotopic (exact) mass is 343 g/mol. The van der Waals surface area contributed by atoms with Gasteiger partial charge in [-0.25, -0.2) is 4.79 Å². The molecular weight excluding hydrogens is 322 g/mol. The quantitative estimate of drug-likeness (QED) is 0.891. The third-order valence-electron chi connectivity index (χ3n) is 4.32. The lowest BCUT2D eigenvalue weighted by atomic mass is 9.89. The second-order valence-electron chi connectivity index (χ2n) is 6.39. The molecule has 2 aromatic rings. The summed E-state index contributed by atoms with van der Waals surface area (Å²) in [5, 5.41) is 3.68. The van der Waals surface area contributed by atoms with Crippen LogP contribution in [0.2, 0.25) is 5.02 Å². The van der Waals surface area contributed by atoms with Gasteiger partial charge in [0.25, 0.3) is 0 Å². The van der Waals surface area contributed by atoms with Gasteiger partial charge in [-0.3, -0.25) is 0 Å². The van der Waals surface area contributed by atoms with Gasteiger partial charge in [0.15, 0.2) is 0 Å². The van der Waals surface area contributed by atoms with Gasteiger partial charge in [0.2, 0.25) is 0 Å². The van der Waals surface area contributed by atoms with Crippen LogP contribution < -0.4 is 11.1 Å². The number of nitrogens with one attached hydrogen (secondary N) is 1. The van der Waals surface area contributed by atoms with Gasteiger partial charge in [-0.05, 0) is 48.6 Å². The van der Waals surface area contributed by atoms with E-state index in [0.717, 1.165) is 30.1 Å². The number of carbonyl (C=O) groups excluding carboxylic acids is 1. The number of urea groups is 1. The molecular formula is C19H22ClN3O. The van der Waals surface area contributed by atoms with Crippen molar-refractivity contribution in [2.45, 2.75) is 18.9 Å². The van der Waals surface area contributed by atoms with Gasteiger partial charge < -0.3 is 16.0 Å². The van der Waals surface area contributed by atoms with Crippen molar-refractivity contribution in [1.82, 2.24) is 4.90 Å². The van der Waals surface area contributed by atoms with Crippen LogP contribution in [-0.2, 0) is 6.42 Å². The minimum Gasteiger partial charge on any atom is -0.326 e. The summed E-state index contributed by atoms with van der Waals surface area (Å²) in [7, 11) is 0. The fourth-order valence-electron chi connectivity index (χ4n) is 3.24. The first-order valence-electron chi connectivity index (χ1n) is 8.21. The van der Waals surface area contributed by atoms with Gasteiger partial charge in [0, 0.05) is 29.8 Å². The zero-order chi connectivity index (χ0) is 16.9. The van der Waals surface area contributed by atoms with Crippen molar-refractivity contribution >= 4 is 23.3 Å². The van der Waals surface area contributed by atoms with Crippen LogP contribution in [0.15, 0.2) is 54.6 Å². The highest BCUT2D eigenvalue weighted by molar-refractivity contribution is 6.30. The maximum absolute atomic E-state index is 12.5. The van der Waals surface area contributed by atoms with E-state index >= 15 is 0 Å². The number of hydrogen-bond acceptors (Lipinski definition) is 2. The first kappa shape index (κ1) is 16.8. The average Bonchev–Trinajstić information content (AvgIpc) is 2.57. The number of amides is 2. The molecule has 0 aliphatic carbocycles. The first-order valence-corrected chi connectivity index (χ1v) is 8.59. The van der Waals surface area contributed by atoms with E-state index in [2.05, 4.69) is 5.32 Å². The van der Waals surface area contributed by atoms with Crippen molar-refractivity contribution in [3.8, 4) is 0 Å². The average molecular weight is 344 g/mol. The molecule has 1 aliphatic heterocycles. The van der Waals surface area contributed by atoms with Crippen LogP contribution in [0.25, 0.3) is 0 Å². The molecule has 1 heterocycles. The van der Waals surface area contributed by atoms with Crippen molar-refractivity contribution in [3.63, 3.8) is 0 Å². The summed E-state index contributed by atoms with van der Waals surface area (Å²) in [5.41, 5.74) is 8.21. The number of likely N-dealkylation sites (tertiary alicyclic amines) is 1. The fourth-order valence-corrected chi connectivity index (χ4v) is 3.36. The molecule has 0 bridgehead atoms. The lowest BCUT2D eigenvalue weighted by Crippen LogP contribution is -2.51. The molecule has 1 aliphatic rings. The van der Waals surface area contributed by atoms with Crippen LogP contribution >= 0.6 is 11.6 Å². The Kier molecular flexibility index (Phi) is 5.38. The van der Waals surface area contributed by atoms with Gasteiger partial charge in [0.05, 0.1) is 0 Å². The third-order valence-corrected chi connectivity index (χ3v) is 4.57. The topological polar surface area (TPSA) is 58.4 Å². The molecule has 1 fully saturated rings. The highest BCUT2D eigenvalue weighted by Crippen LogP contribution is 2.22. The van der Waals surface area contributed by atoms with E-state index in [1.54, 1.807) is 0 Å². The number of benzene rings is 2. The molecule has 3 N–H and O–H groups in total. The molecule has 2 atom stereocenters. The number of piperidine rings is 1. The molecule has 2 aromatic carbocycles. The Morgan fingerprint density at radius 1 is 1.12 bits per heavy atom. The van der Waals surface area contributed by atoms with Crippen molar-refractivity contribution in [2.24, 2.45) is 11.7 Å². The van der Waals surface area contributed by atoms with Crippen molar-refractivity contribution in [2.75, 3.05) is 18.4 Å². The first-order chi connectivity index (χ1) is 11.6. The number of hydrogen-bond donors (Lipinski definition) is 2. The molecule has 5 heteroatoms. The van der Waals surface area contributed by atoms with Gasteiger partial charge in [0.1, 0.15) is 0 Å². The summed E-state index contributed by atoms with van der Waals surface area (Å²) in [6, 6.07) is 17.3. The Bertz CT molecular complexity index is 675. The lowest BCUT2D eigenvalue weighted by molar-refractivity contribution is 0.166. The van der Waals surface area contributed by atoms with Crippen molar-refractivity contribution < 1.29 is 4.79 Å².